The second-order valence-electron chi connectivity index (χ2n) is 18.5. The highest BCUT2D eigenvalue weighted by atomic mass is 16.5. The molecule has 0 fully saturated rings. The number of carbonyl (C=O) groups excluding carboxylic acids is 8. The molecule has 396 valence electrons. The summed E-state index contributed by atoms with van der Waals surface area (Å²) in [5.41, 5.74) is 16.6. The number of nitrogens with one attached hydrogen (secondary N) is 6. The van der Waals surface area contributed by atoms with Crippen LogP contribution in [0.4, 0.5) is 26.7 Å². The molecular weight excluding hydrogens is 949 g/mol. The molecule has 0 saturated heterocycles. The Balaban J connectivity index is 1.08. The Kier molecular flexibility index (Phi) is 22.3. The fourth-order valence-electron chi connectivity index (χ4n) is 8.25. The quantitative estimate of drug-likeness (QED) is 0.0346. The summed E-state index contributed by atoms with van der Waals surface area (Å²) in [5.74, 6) is -2.41. The average Bonchev–Trinajstić information content (AvgIpc) is 3.58. The van der Waals surface area contributed by atoms with Crippen molar-refractivity contribution in [3.05, 3.63) is 101 Å². The molecule has 1 aromatic heterocycles. The average molecular weight is 1020 g/mol. The van der Waals surface area contributed by atoms with Gasteiger partial charge in [-0.2, -0.15) is 0 Å². The van der Waals surface area contributed by atoms with E-state index in [4.69, 9.17) is 16.2 Å². The smallest absolute Gasteiger partial charge is 0.407 e. The van der Waals surface area contributed by atoms with Crippen LogP contribution in [0.1, 0.15) is 113 Å². The van der Waals surface area contributed by atoms with Crippen molar-refractivity contribution in [1.29, 1.82) is 0 Å². The summed E-state index contributed by atoms with van der Waals surface area (Å²) in [5, 5.41) is 16.3. The molecule has 0 saturated carbocycles. The van der Waals surface area contributed by atoms with Gasteiger partial charge in [-0.1, -0.05) is 58.4 Å². The first-order valence-corrected chi connectivity index (χ1v) is 25.1. The number of alkyl carbamates (subject to hydrolysis) is 1. The first-order chi connectivity index (χ1) is 35.5. The number of pyridine rings is 1. The molecule has 9 amide bonds. The Morgan fingerprint density at radius 1 is 0.811 bits per heavy atom. The Hall–Kier alpha value is -7.94. The van der Waals surface area contributed by atoms with Gasteiger partial charge in [0.2, 0.25) is 17.7 Å². The topological polar surface area (TPSA) is 302 Å². The van der Waals surface area contributed by atoms with Gasteiger partial charge in [-0.3, -0.25) is 43.6 Å². The van der Waals surface area contributed by atoms with Crippen molar-refractivity contribution in [3.8, 4) is 0 Å². The maximum Gasteiger partial charge on any atom is 0.407 e. The van der Waals surface area contributed by atoms with Gasteiger partial charge in [-0.25, -0.2) is 14.6 Å². The zero-order valence-corrected chi connectivity index (χ0v) is 42.7. The number of ether oxygens (including phenoxy) is 1. The van der Waals surface area contributed by atoms with Crippen molar-refractivity contribution in [2.24, 2.45) is 22.4 Å². The number of carbonyl (C=O) groups is 8. The van der Waals surface area contributed by atoms with Crippen molar-refractivity contribution in [1.82, 2.24) is 36.1 Å². The molecule has 0 spiro atoms. The van der Waals surface area contributed by atoms with Gasteiger partial charge in [0, 0.05) is 74.2 Å². The summed E-state index contributed by atoms with van der Waals surface area (Å²) in [6, 6.07) is 10.8. The molecule has 74 heavy (non-hydrogen) atoms. The highest BCUT2D eigenvalue weighted by molar-refractivity contribution is 6.13. The summed E-state index contributed by atoms with van der Waals surface area (Å²) >= 11 is 0. The predicted octanol–water partition coefficient (Wildman–Crippen LogP) is 5.16. The molecule has 3 heterocycles. The highest BCUT2D eigenvalue weighted by Gasteiger charge is 2.29. The van der Waals surface area contributed by atoms with Crippen LogP contribution in [0.3, 0.4) is 0 Å². The van der Waals surface area contributed by atoms with E-state index in [1.165, 1.54) is 23.9 Å². The Bertz CT molecular complexity index is 2560. The van der Waals surface area contributed by atoms with Gasteiger partial charge in [-0.05, 0) is 105 Å². The van der Waals surface area contributed by atoms with Crippen LogP contribution >= 0.6 is 0 Å². The van der Waals surface area contributed by atoms with E-state index in [2.05, 4.69) is 66.7 Å². The standard InChI is InChI=1S/C53H70N12O9/c1-5-22-64(23-6-2)32-36-25-38-15-16-39(28-43(38)61-44(54)27-36)49(69)60-41-26-37(29-56-31-41)30-58-53(73)74-33-35-13-17-40(18-14-35)59-50(70)42(11-10-21-57-52(55)72)62-51(71)48(34(3)4)63-45(66)12-8-7-9-24-65-46(67)19-20-47(65)68/h13-20,25-26,28-29,31,34,42,48H,5-12,21-24,27,30,32-33H2,1-4H3,(H2,54,61)(H,58,73)(H,59,70)(H,60,69)(H,62,71)(H,63,66)(H3,55,57,72)/t42-,48-/m0/s1. The number of primary amides is 1. The SMILES string of the molecule is CCCN(CCC)CC1=Cc2ccc(C(=O)Nc3cncc(CNC(=O)OCc4ccc(NC(=O)[C@H](CCCNC(N)=O)NC(=O)[C@@H](NC(=O)CCCCCN5C(=O)C=CC5=O)C(C)C)cc4)c3)cc2N=C(N)C1. The molecule has 0 unspecified atom stereocenters. The number of rotatable bonds is 28. The summed E-state index contributed by atoms with van der Waals surface area (Å²) < 4.78 is 5.42. The number of aliphatic imine (C=N–C) groups is 1. The second-order valence-corrected chi connectivity index (χ2v) is 18.5. The van der Waals surface area contributed by atoms with Crippen LogP contribution in [-0.4, -0.2) is 113 Å². The largest absolute Gasteiger partial charge is 0.445 e. The summed E-state index contributed by atoms with van der Waals surface area (Å²) in [6.07, 6.45) is 11.7. The number of nitrogens with two attached hydrogens (primary N) is 2. The van der Waals surface area contributed by atoms with Gasteiger partial charge in [0.1, 0.15) is 24.5 Å². The molecule has 0 aliphatic carbocycles. The molecule has 2 atom stereocenters. The van der Waals surface area contributed by atoms with Crippen molar-refractivity contribution >= 4 is 76.5 Å². The van der Waals surface area contributed by atoms with Crippen LogP contribution in [0.5, 0.6) is 0 Å². The van der Waals surface area contributed by atoms with E-state index >= 15 is 0 Å². The molecule has 2 aromatic carbocycles. The maximum atomic E-state index is 13.6. The van der Waals surface area contributed by atoms with E-state index in [9.17, 15) is 38.4 Å². The van der Waals surface area contributed by atoms with E-state index in [-0.39, 0.29) is 68.6 Å². The number of amidine groups is 1. The summed E-state index contributed by atoms with van der Waals surface area (Å²) in [7, 11) is 0. The molecule has 0 bridgehead atoms. The minimum atomic E-state index is -1.06. The summed E-state index contributed by atoms with van der Waals surface area (Å²) in [4.78, 5) is 113. The highest BCUT2D eigenvalue weighted by Crippen LogP contribution is 2.29. The lowest BCUT2D eigenvalue weighted by Gasteiger charge is -2.25. The molecule has 5 rings (SSSR count). The number of imide groups is 1. The fraction of sp³-hybridized carbons (Fsp3) is 0.434. The normalized spacial score (nSPS) is 13.8. The Morgan fingerprint density at radius 3 is 2.23 bits per heavy atom. The third-order valence-corrected chi connectivity index (χ3v) is 12.0. The third-order valence-electron chi connectivity index (χ3n) is 12.0. The number of nitrogens with zero attached hydrogens (tertiary/aromatic N) is 4. The lowest BCUT2D eigenvalue weighted by atomic mass is 10.0. The van der Waals surface area contributed by atoms with Gasteiger partial charge in [0.05, 0.1) is 17.6 Å². The van der Waals surface area contributed by atoms with E-state index in [0.29, 0.717) is 71.7 Å². The number of hydrogen-bond donors (Lipinski definition) is 8. The molecule has 2 aliphatic rings. The van der Waals surface area contributed by atoms with Gasteiger partial charge in [-0.15, -0.1) is 0 Å². The number of fused-ring (bicyclic) bond motifs is 1. The van der Waals surface area contributed by atoms with E-state index in [0.717, 1.165) is 42.9 Å². The molecule has 0 radical (unpaired) electrons. The third kappa shape index (κ3) is 18.6. The molecule has 10 N–H and O–H groups in total. The monoisotopic (exact) mass is 1020 g/mol. The van der Waals surface area contributed by atoms with Gasteiger partial charge < -0.3 is 48.1 Å². The minimum Gasteiger partial charge on any atom is -0.445 e. The molecule has 21 nitrogen and oxygen atoms in total. The van der Waals surface area contributed by atoms with E-state index < -0.39 is 36.0 Å². The summed E-state index contributed by atoms with van der Waals surface area (Å²) in [6.45, 7) is 11.0. The predicted molar refractivity (Wildman–Crippen MR) is 281 cm³/mol. The minimum absolute atomic E-state index is 0.0592. The van der Waals surface area contributed by atoms with E-state index in [1.807, 2.05) is 6.07 Å². The van der Waals surface area contributed by atoms with Crippen LogP contribution in [0.15, 0.2) is 83.6 Å². The number of aromatic nitrogens is 1. The lowest BCUT2D eigenvalue weighted by molar-refractivity contribution is -0.137. The van der Waals surface area contributed by atoms with Crippen molar-refractivity contribution in [3.63, 3.8) is 0 Å². The van der Waals surface area contributed by atoms with E-state index in [1.54, 1.807) is 62.5 Å². The zero-order chi connectivity index (χ0) is 53.6. The van der Waals surface area contributed by atoms with Crippen LogP contribution < -0.4 is 43.4 Å². The molecule has 3 aromatic rings. The number of amides is 9. The van der Waals surface area contributed by atoms with Crippen LogP contribution in [0.25, 0.3) is 6.08 Å². The Labute approximate surface area is 431 Å². The Morgan fingerprint density at radius 2 is 1.54 bits per heavy atom. The number of benzene rings is 2. The molecule has 2 aliphatic heterocycles. The number of unbranched alkanes of at least 4 members (excludes halogenated alkanes) is 2. The van der Waals surface area contributed by atoms with Crippen molar-refractivity contribution in [2.75, 3.05) is 43.4 Å². The van der Waals surface area contributed by atoms with Gasteiger partial charge >= 0.3 is 12.1 Å². The van der Waals surface area contributed by atoms with Crippen LogP contribution in [0, 0.1) is 5.92 Å². The molecule has 21 heteroatoms. The van der Waals surface area contributed by atoms with Crippen molar-refractivity contribution in [2.45, 2.75) is 111 Å². The first-order valence-electron chi connectivity index (χ1n) is 25.1. The lowest BCUT2D eigenvalue weighted by Crippen LogP contribution is -2.54. The molecular formula is C53H70N12O9. The van der Waals surface area contributed by atoms with Gasteiger partial charge in [0.15, 0.2) is 0 Å². The number of urea groups is 1. The number of anilines is 2. The first kappa shape index (κ1) is 57.0. The fourth-order valence-corrected chi connectivity index (χ4v) is 8.25. The zero-order valence-electron chi connectivity index (χ0n) is 42.7. The second kappa shape index (κ2) is 28.9. The van der Waals surface area contributed by atoms with Crippen molar-refractivity contribution < 1.29 is 43.1 Å². The van der Waals surface area contributed by atoms with Crippen LogP contribution in [-0.2, 0) is 41.9 Å². The number of hydrogen-bond acceptors (Lipinski definition) is 13. The van der Waals surface area contributed by atoms with Gasteiger partial charge in [0.25, 0.3) is 17.7 Å². The maximum absolute atomic E-state index is 13.6. The van der Waals surface area contributed by atoms with Crippen LogP contribution in [0.2, 0.25) is 0 Å².